The molecule has 6 heteroatoms. The first-order valence-corrected chi connectivity index (χ1v) is 8.06. The average Bonchev–Trinajstić information content (AvgIpc) is 3.00. The van der Waals surface area contributed by atoms with Crippen LogP contribution in [0.3, 0.4) is 0 Å². The van der Waals surface area contributed by atoms with Crippen LogP contribution < -0.4 is 10.6 Å². The zero-order valence-corrected chi connectivity index (χ0v) is 13.6. The van der Waals surface area contributed by atoms with Crippen LogP contribution in [0.4, 0.5) is 4.39 Å². The minimum absolute atomic E-state index is 0.0705. The summed E-state index contributed by atoms with van der Waals surface area (Å²) in [6, 6.07) is 8.37. The van der Waals surface area contributed by atoms with Crippen molar-refractivity contribution < 1.29 is 9.18 Å². The molecule has 2 aromatic rings. The molecule has 0 saturated carbocycles. The Morgan fingerprint density at radius 2 is 2.17 bits per heavy atom. The van der Waals surface area contributed by atoms with E-state index in [0.29, 0.717) is 13.0 Å². The van der Waals surface area contributed by atoms with Crippen molar-refractivity contribution in [1.29, 1.82) is 0 Å². The van der Waals surface area contributed by atoms with E-state index in [1.807, 2.05) is 25.3 Å². The normalized spacial score (nSPS) is 21.2. The van der Waals surface area contributed by atoms with Gasteiger partial charge in [-0.1, -0.05) is 24.3 Å². The summed E-state index contributed by atoms with van der Waals surface area (Å²) in [7, 11) is 1.88. The van der Waals surface area contributed by atoms with Crippen LogP contribution in [0.25, 0.3) is 6.08 Å². The third-order valence-electron chi connectivity index (χ3n) is 4.26. The van der Waals surface area contributed by atoms with E-state index in [9.17, 15) is 9.18 Å². The van der Waals surface area contributed by atoms with Gasteiger partial charge in [0.15, 0.2) is 0 Å². The Kier molecular flexibility index (Phi) is 5.05. The van der Waals surface area contributed by atoms with E-state index in [0.717, 1.165) is 17.7 Å². The molecule has 24 heavy (non-hydrogen) atoms. The van der Waals surface area contributed by atoms with Crippen LogP contribution in [0.2, 0.25) is 0 Å². The predicted octanol–water partition coefficient (Wildman–Crippen LogP) is 2.18. The van der Waals surface area contributed by atoms with Crippen molar-refractivity contribution in [2.45, 2.75) is 24.9 Å². The number of carbonyl (C=O) groups excluding carboxylic acids is 1. The molecular formula is C18H21FN4O. The van der Waals surface area contributed by atoms with Gasteiger partial charge in [0.2, 0.25) is 5.91 Å². The third kappa shape index (κ3) is 3.89. The summed E-state index contributed by atoms with van der Waals surface area (Å²) in [5, 5.41) is 10.7. The Balaban J connectivity index is 1.61. The number of amides is 1. The number of carbonyl (C=O) groups is 1. The first-order chi connectivity index (χ1) is 11.6. The molecule has 2 N–H and O–H groups in total. The van der Waals surface area contributed by atoms with E-state index >= 15 is 0 Å². The number of hydrogen-bond donors (Lipinski definition) is 2. The molecule has 0 unspecified atom stereocenters. The van der Waals surface area contributed by atoms with Gasteiger partial charge in [-0.25, -0.2) is 4.39 Å². The Morgan fingerprint density at radius 3 is 2.88 bits per heavy atom. The second-order valence-electron chi connectivity index (χ2n) is 5.93. The summed E-state index contributed by atoms with van der Waals surface area (Å²) >= 11 is 0. The molecule has 1 aliphatic heterocycles. The highest BCUT2D eigenvalue weighted by Crippen LogP contribution is 2.23. The highest BCUT2D eigenvalue weighted by atomic mass is 19.1. The first-order valence-electron chi connectivity index (χ1n) is 8.06. The number of benzene rings is 1. The van der Waals surface area contributed by atoms with Crippen LogP contribution >= 0.6 is 0 Å². The largest absolute Gasteiger partial charge is 0.346 e. The third-order valence-corrected chi connectivity index (χ3v) is 4.26. The molecule has 1 aromatic heterocycles. The summed E-state index contributed by atoms with van der Waals surface area (Å²) in [6.07, 6.45) is 7.00. The van der Waals surface area contributed by atoms with Crippen LogP contribution in [0.5, 0.6) is 0 Å². The topological polar surface area (TPSA) is 59.0 Å². The van der Waals surface area contributed by atoms with E-state index in [1.165, 1.54) is 12.1 Å². The van der Waals surface area contributed by atoms with Crippen molar-refractivity contribution >= 4 is 12.0 Å². The Bertz CT molecular complexity index is 723. The Labute approximate surface area is 140 Å². The summed E-state index contributed by atoms with van der Waals surface area (Å²) in [4.78, 5) is 11.8. The van der Waals surface area contributed by atoms with Gasteiger partial charge in [0.25, 0.3) is 0 Å². The smallest absolute Gasteiger partial charge is 0.220 e. The van der Waals surface area contributed by atoms with Crippen LogP contribution in [0.15, 0.2) is 42.6 Å². The molecule has 3 rings (SSSR count). The number of rotatable bonds is 5. The molecule has 1 fully saturated rings. The number of nitrogens with one attached hydrogen (secondary N) is 2. The predicted molar refractivity (Wildman–Crippen MR) is 90.6 cm³/mol. The molecule has 0 bridgehead atoms. The van der Waals surface area contributed by atoms with Gasteiger partial charge in [0, 0.05) is 32.3 Å². The fourth-order valence-corrected chi connectivity index (χ4v) is 2.98. The molecule has 0 radical (unpaired) electrons. The quantitative estimate of drug-likeness (QED) is 0.884. The molecule has 0 aliphatic carbocycles. The van der Waals surface area contributed by atoms with Gasteiger partial charge < -0.3 is 10.6 Å². The Hall–Kier alpha value is -2.47. The fourth-order valence-electron chi connectivity index (χ4n) is 2.98. The standard InChI is InChI=1S/C18H21FN4O/c1-23-16(10-12-21-23)18-15(8-9-17(24)22-18)20-11-2-3-13-4-6-14(19)7-5-13/h2-7,10,12,15,18,20H,8-9,11H2,1H3,(H,22,24)/b3-2+/t15-,18-/m1/s1. The zero-order valence-electron chi connectivity index (χ0n) is 13.6. The van der Waals surface area contributed by atoms with E-state index in [4.69, 9.17) is 0 Å². The number of halogens is 1. The van der Waals surface area contributed by atoms with Crippen molar-refractivity contribution in [2.24, 2.45) is 7.05 Å². The van der Waals surface area contributed by atoms with E-state index in [-0.39, 0.29) is 23.8 Å². The van der Waals surface area contributed by atoms with Crippen molar-refractivity contribution in [1.82, 2.24) is 20.4 Å². The molecule has 1 amide bonds. The lowest BCUT2D eigenvalue weighted by Crippen LogP contribution is -2.49. The molecule has 126 valence electrons. The SMILES string of the molecule is Cn1nccc1[C@@H]1NC(=O)CC[C@H]1NC/C=C/c1ccc(F)cc1. The van der Waals surface area contributed by atoms with Gasteiger partial charge in [-0.05, 0) is 30.2 Å². The number of nitrogens with zero attached hydrogens (tertiary/aromatic N) is 2. The van der Waals surface area contributed by atoms with Gasteiger partial charge in [0.1, 0.15) is 5.82 Å². The fraction of sp³-hybridized carbons (Fsp3) is 0.333. The Morgan fingerprint density at radius 1 is 1.38 bits per heavy atom. The molecule has 2 atom stereocenters. The molecule has 1 aliphatic rings. The monoisotopic (exact) mass is 328 g/mol. The first kappa shape index (κ1) is 16.4. The number of hydrogen-bond acceptors (Lipinski definition) is 3. The van der Waals surface area contributed by atoms with Gasteiger partial charge in [-0.3, -0.25) is 9.48 Å². The molecule has 0 spiro atoms. The summed E-state index contributed by atoms with van der Waals surface area (Å²) < 4.78 is 14.7. The second kappa shape index (κ2) is 7.40. The molecule has 5 nitrogen and oxygen atoms in total. The molecule has 1 saturated heterocycles. The molecule has 2 heterocycles. The highest BCUT2D eigenvalue weighted by Gasteiger charge is 2.30. The summed E-state index contributed by atoms with van der Waals surface area (Å²) in [5.41, 5.74) is 1.95. The number of aromatic nitrogens is 2. The van der Waals surface area contributed by atoms with E-state index in [1.54, 1.807) is 23.0 Å². The second-order valence-corrected chi connectivity index (χ2v) is 5.93. The van der Waals surface area contributed by atoms with Crippen molar-refractivity contribution in [3.05, 3.63) is 59.7 Å². The lowest BCUT2D eigenvalue weighted by atomic mass is 9.95. The van der Waals surface area contributed by atoms with Gasteiger partial charge >= 0.3 is 0 Å². The van der Waals surface area contributed by atoms with E-state index < -0.39 is 0 Å². The maximum Gasteiger partial charge on any atom is 0.220 e. The number of aryl methyl sites for hydroxylation is 1. The maximum absolute atomic E-state index is 12.9. The van der Waals surface area contributed by atoms with Crippen LogP contribution in [0.1, 0.15) is 30.1 Å². The van der Waals surface area contributed by atoms with Gasteiger partial charge in [-0.15, -0.1) is 0 Å². The summed E-state index contributed by atoms with van der Waals surface area (Å²) in [6.45, 7) is 0.673. The van der Waals surface area contributed by atoms with Crippen molar-refractivity contribution in [3.63, 3.8) is 0 Å². The average molecular weight is 328 g/mol. The summed E-state index contributed by atoms with van der Waals surface area (Å²) in [5.74, 6) is -0.164. The molecule has 1 aromatic carbocycles. The van der Waals surface area contributed by atoms with Gasteiger partial charge in [0.05, 0.1) is 11.7 Å². The van der Waals surface area contributed by atoms with Crippen LogP contribution in [0, 0.1) is 5.82 Å². The minimum atomic E-state index is -0.234. The lowest BCUT2D eigenvalue weighted by Gasteiger charge is -2.32. The zero-order chi connectivity index (χ0) is 16.9. The highest BCUT2D eigenvalue weighted by molar-refractivity contribution is 5.77. The van der Waals surface area contributed by atoms with Gasteiger partial charge in [-0.2, -0.15) is 5.10 Å². The van der Waals surface area contributed by atoms with E-state index in [2.05, 4.69) is 15.7 Å². The number of piperidine rings is 1. The van der Waals surface area contributed by atoms with Crippen LogP contribution in [-0.4, -0.2) is 28.3 Å². The van der Waals surface area contributed by atoms with Crippen molar-refractivity contribution in [3.8, 4) is 0 Å². The van der Waals surface area contributed by atoms with Crippen molar-refractivity contribution in [2.75, 3.05) is 6.54 Å². The maximum atomic E-state index is 12.9. The molecular weight excluding hydrogens is 307 g/mol. The minimum Gasteiger partial charge on any atom is -0.346 e. The lowest BCUT2D eigenvalue weighted by molar-refractivity contribution is -0.124. The van der Waals surface area contributed by atoms with Crippen LogP contribution in [-0.2, 0) is 11.8 Å².